The van der Waals surface area contributed by atoms with Crippen molar-refractivity contribution < 1.29 is 0 Å². The van der Waals surface area contributed by atoms with Crippen LogP contribution in [0.2, 0.25) is 0 Å². The first-order valence-electron chi connectivity index (χ1n) is 7.63. The van der Waals surface area contributed by atoms with Gasteiger partial charge in [-0.2, -0.15) is 0 Å². The van der Waals surface area contributed by atoms with Crippen LogP contribution >= 0.6 is 0 Å². The van der Waals surface area contributed by atoms with Gasteiger partial charge in [-0.25, -0.2) is 4.98 Å². The average Bonchev–Trinajstić information content (AvgIpc) is 2.87. The molecule has 2 rings (SSSR count). The Morgan fingerprint density at radius 1 is 1.40 bits per heavy atom. The van der Waals surface area contributed by atoms with E-state index in [9.17, 15) is 0 Å². The van der Waals surface area contributed by atoms with Crippen LogP contribution < -0.4 is 10.6 Å². The number of anilines is 1. The summed E-state index contributed by atoms with van der Waals surface area (Å²) in [5.74, 6) is 1.69. The quantitative estimate of drug-likeness (QED) is 0.894. The van der Waals surface area contributed by atoms with Crippen LogP contribution in [-0.4, -0.2) is 42.1 Å². The maximum Gasteiger partial charge on any atom is 0.128 e. The second kappa shape index (κ2) is 6.55. The van der Waals surface area contributed by atoms with E-state index in [1.165, 1.54) is 12.0 Å². The van der Waals surface area contributed by atoms with E-state index in [1.54, 1.807) is 0 Å². The van der Waals surface area contributed by atoms with Gasteiger partial charge in [0.25, 0.3) is 0 Å². The number of nitrogens with zero attached hydrogens (tertiary/aromatic N) is 3. The molecule has 1 aromatic heterocycles. The van der Waals surface area contributed by atoms with Gasteiger partial charge in [-0.05, 0) is 51.3 Å². The number of rotatable bonds is 5. The summed E-state index contributed by atoms with van der Waals surface area (Å²) >= 11 is 0. The summed E-state index contributed by atoms with van der Waals surface area (Å²) < 4.78 is 0. The molecular formula is C16H28N4. The van der Waals surface area contributed by atoms with Crippen LogP contribution in [0.15, 0.2) is 18.3 Å². The third-order valence-corrected chi connectivity index (χ3v) is 4.40. The summed E-state index contributed by atoms with van der Waals surface area (Å²) in [6.45, 7) is 9.72. The van der Waals surface area contributed by atoms with Crippen molar-refractivity contribution in [2.75, 3.05) is 25.0 Å². The van der Waals surface area contributed by atoms with E-state index in [1.807, 2.05) is 6.20 Å². The average molecular weight is 276 g/mol. The Labute approximate surface area is 123 Å². The van der Waals surface area contributed by atoms with E-state index in [0.29, 0.717) is 18.0 Å². The lowest BCUT2D eigenvalue weighted by molar-refractivity contribution is 0.308. The first-order chi connectivity index (χ1) is 9.47. The summed E-state index contributed by atoms with van der Waals surface area (Å²) in [5, 5.41) is 0. The topological polar surface area (TPSA) is 45.4 Å². The third kappa shape index (κ3) is 3.70. The van der Waals surface area contributed by atoms with E-state index in [0.717, 1.165) is 25.5 Å². The zero-order valence-electron chi connectivity index (χ0n) is 13.2. The fourth-order valence-corrected chi connectivity index (χ4v) is 2.68. The molecule has 2 N–H and O–H groups in total. The lowest BCUT2D eigenvalue weighted by atomic mass is 10.0. The van der Waals surface area contributed by atoms with Crippen LogP contribution in [0.1, 0.15) is 32.8 Å². The minimum absolute atomic E-state index is 0.306. The highest BCUT2D eigenvalue weighted by molar-refractivity contribution is 5.39. The van der Waals surface area contributed by atoms with Gasteiger partial charge in [-0.15, -0.1) is 0 Å². The van der Waals surface area contributed by atoms with E-state index in [2.05, 4.69) is 54.7 Å². The molecule has 1 saturated heterocycles. The number of aromatic nitrogens is 1. The van der Waals surface area contributed by atoms with Crippen molar-refractivity contribution in [2.24, 2.45) is 11.7 Å². The Kier molecular flexibility index (Phi) is 5.00. The molecule has 112 valence electrons. The summed E-state index contributed by atoms with van der Waals surface area (Å²) in [6, 6.07) is 5.09. The third-order valence-electron chi connectivity index (χ3n) is 4.40. The van der Waals surface area contributed by atoms with E-state index in [-0.39, 0.29) is 0 Å². The Hall–Kier alpha value is -1.13. The molecule has 2 unspecified atom stereocenters. The molecule has 1 aliphatic heterocycles. The summed E-state index contributed by atoms with van der Waals surface area (Å²) in [4.78, 5) is 9.24. The number of hydrogen-bond donors (Lipinski definition) is 1. The second-order valence-electron chi connectivity index (χ2n) is 6.37. The normalized spacial score (nSPS) is 21.4. The number of nitrogens with two attached hydrogens (primary N) is 1. The van der Waals surface area contributed by atoms with Crippen LogP contribution in [0.5, 0.6) is 0 Å². The Morgan fingerprint density at radius 3 is 2.65 bits per heavy atom. The molecule has 1 aromatic rings. The highest BCUT2D eigenvalue weighted by atomic mass is 15.2. The van der Waals surface area contributed by atoms with Crippen molar-refractivity contribution >= 4 is 5.82 Å². The number of pyridine rings is 1. The van der Waals surface area contributed by atoms with Gasteiger partial charge in [0.2, 0.25) is 0 Å². The fourth-order valence-electron chi connectivity index (χ4n) is 2.68. The van der Waals surface area contributed by atoms with Crippen molar-refractivity contribution in [1.29, 1.82) is 0 Å². The monoisotopic (exact) mass is 276 g/mol. The fraction of sp³-hybridized carbons (Fsp3) is 0.688. The number of likely N-dealkylation sites (tertiary alicyclic amines) is 1. The second-order valence-corrected chi connectivity index (χ2v) is 6.37. The van der Waals surface area contributed by atoms with Crippen LogP contribution in [0.4, 0.5) is 5.82 Å². The lowest BCUT2D eigenvalue weighted by Crippen LogP contribution is -2.29. The SMILES string of the molecule is CC(N)C1CCN(Cc2ccc(N(C)C(C)C)nc2)C1. The minimum atomic E-state index is 0.306. The smallest absolute Gasteiger partial charge is 0.128 e. The largest absolute Gasteiger partial charge is 0.357 e. The van der Waals surface area contributed by atoms with Gasteiger partial charge in [0.15, 0.2) is 0 Å². The summed E-state index contributed by atoms with van der Waals surface area (Å²) in [7, 11) is 2.08. The van der Waals surface area contributed by atoms with Gasteiger partial charge in [0.05, 0.1) is 0 Å². The van der Waals surface area contributed by atoms with Crippen molar-refractivity contribution in [3.05, 3.63) is 23.9 Å². The highest BCUT2D eigenvalue weighted by Gasteiger charge is 2.25. The molecule has 0 amide bonds. The highest BCUT2D eigenvalue weighted by Crippen LogP contribution is 2.21. The molecule has 4 heteroatoms. The van der Waals surface area contributed by atoms with E-state index in [4.69, 9.17) is 5.73 Å². The van der Waals surface area contributed by atoms with E-state index < -0.39 is 0 Å². The predicted molar refractivity (Wildman–Crippen MR) is 84.8 cm³/mol. The van der Waals surface area contributed by atoms with Crippen LogP contribution in [-0.2, 0) is 6.54 Å². The van der Waals surface area contributed by atoms with Gasteiger partial charge in [-0.1, -0.05) is 6.07 Å². The zero-order valence-corrected chi connectivity index (χ0v) is 13.2. The van der Waals surface area contributed by atoms with Gasteiger partial charge >= 0.3 is 0 Å². The number of hydrogen-bond acceptors (Lipinski definition) is 4. The zero-order chi connectivity index (χ0) is 14.7. The van der Waals surface area contributed by atoms with Crippen molar-refractivity contribution in [1.82, 2.24) is 9.88 Å². The Bertz CT molecular complexity index is 413. The van der Waals surface area contributed by atoms with Gasteiger partial charge in [0.1, 0.15) is 5.82 Å². The first kappa shape index (κ1) is 15.3. The predicted octanol–water partition coefficient (Wildman–Crippen LogP) is 2.10. The molecule has 0 aliphatic carbocycles. The van der Waals surface area contributed by atoms with Gasteiger partial charge in [-0.3, -0.25) is 4.90 Å². The van der Waals surface area contributed by atoms with Gasteiger partial charge in [0, 0.05) is 38.4 Å². The maximum absolute atomic E-state index is 5.99. The first-order valence-corrected chi connectivity index (χ1v) is 7.63. The van der Waals surface area contributed by atoms with Crippen molar-refractivity contribution in [2.45, 2.75) is 45.8 Å². The standard InChI is InChI=1S/C16H28N4/c1-12(2)19(4)16-6-5-14(9-18-16)10-20-8-7-15(11-20)13(3)17/h5-6,9,12-13,15H,7-8,10-11,17H2,1-4H3. The molecule has 2 atom stereocenters. The van der Waals surface area contributed by atoms with Crippen molar-refractivity contribution in [3.63, 3.8) is 0 Å². The molecule has 1 aliphatic rings. The maximum atomic E-state index is 5.99. The molecule has 1 fully saturated rings. The molecule has 2 heterocycles. The molecule has 0 aromatic carbocycles. The summed E-state index contributed by atoms with van der Waals surface area (Å²) in [5.41, 5.74) is 7.28. The Balaban J connectivity index is 1.91. The van der Waals surface area contributed by atoms with E-state index >= 15 is 0 Å². The summed E-state index contributed by atoms with van der Waals surface area (Å²) in [6.07, 6.45) is 3.23. The molecule has 0 spiro atoms. The molecule has 20 heavy (non-hydrogen) atoms. The van der Waals surface area contributed by atoms with Gasteiger partial charge < -0.3 is 10.6 Å². The molecule has 0 bridgehead atoms. The molecule has 4 nitrogen and oxygen atoms in total. The lowest BCUT2D eigenvalue weighted by Gasteiger charge is -2.23. The van der Waals surface area contributed by atoms with Crippen LogP contribution in [0.3, 0.4) is 0 Å². The van der Waals surface area contributed by atoms with Crippen LogP contribution in [0, 0.1) is 5.92 Å². The van der Waals surface area contributed by atoms with Crippen molar-refractivity contribution in [3.8, 4) is 0 Å². The molecule has 0 radical (unpaired) electrons. The molecular weight excluding hydrogens is 248 g/mol. The minimum Gasteiger partial charge on any atom is -0.357 e. The molecule has 0 saturated carbocycles. The van der Waals surface area contributed by atoms with Crippen LogP contribution in [0.25, 0.3) is 0 Å². The Morgan fingerprint density at radius 2 is 2.15 bits per heavy atom.